The van der Waals surface area contributed by atoms with Crippen molar-refractivity contribution in [2.24, 2.45) is 17.8 Å². The van der Waals surface area contributed by atoms with Crippen LogP contribution < -0.4 is 11.0 Å². The molecule has 4 nitrogen and oxygen atoms in total. The van der Waals surface area contributed by atoms with E-state index in [2.05, 4.69) is 27.4 Å². The summed E-state index contributed by atoms with van der Waals surface area (Å²) in [5.41, 5.74) is 2.95. The van der Waals surface area contributed by atoms with Crippen LogP contribution in [0.4, 0.5) is 0 Å². The first-order valence-electron chi connectivity index (χ1n) is 8.12. The Morgan fingerprint density at radius 3 is 2.81 bits per heavy atom. The lowest BCUT2D eigenvalue weighted by Gasteiger charge is -2.27. The summed E-state index contributed by atoms with van der Waals surface area (Å²) in [6, 6.07) is 6.65. The fourth-order valence-electron chi connectivity index (χ4n) is 4.66. The molecule has 1 heterocycles. The lowest BCUT2D eigenvalue weighted by atomic mass is 9.83. The molecular formula is C17H23N3O. The topological polar surface area (TPSA) is 60.7 Å². The van der Waals surface area contributed by atoms with Crippen LogP contribution >= 0.6 is 0 Å². The molecule has 0 amide bonds. The first-order valence-corrected chi connectivity index (χ1v) is 8.12. The molecule has 4 atom stereocenters. The van der Waals surface area contributed by atoms with Crippen LogP contribution in [0.2, 0.25) is 0 Å². The maximum absolute atomic E-state index is 11.4. The van der Waals surface area contributed by atoms with E-state index in [1.165, 1.54) is 37.7 Å². The van der Waals surface area contributed by atoms with Gasteiger partial charge in [-0.1, -0.05) is 12.5 Å². The van der Waals surface area contributed by atoms with E-state index in [9.17, 15) is 4.79 Å². The molecule has 2 fully saturated rings. The number of aromatic nitrogens is 2. The Kier molecular flexibility index (Phi) is 3.14. The number of rotatable bonds is 4. The van der Waals surface area contributed by atoms with Crippen molar-refractivity contribution < 1.29 is 0 Å². The van der Waals surface area contributed by atoms with E-state index >= 15 is 0 Å². The van der Waals surface area contributed by atoms with Gasteiger partial charge in [0, 0.05) is 6.04 Å². The molecule has 0 spiro atoms. The van der Waals surface area contributed by atoms with Gasteiger partial charge < -0.3 is 15.3 Å². The third-order valence-corrected chi connectivity index (χ3v) is 5.71. The summed E-state index contributed by atoms with van der Waals surface area (Å²) in [5.74, 6) is 2.84. The van der Waals surface area contributed by atoms with E-state index < -0.39 is 0 Å². The normalized spacial score (nSPS) is 29.3. The van der Waals surface area contributed by atoms with Gasteiger partial charge in [0.25, 0.3) is 0 Å². The van der Waals surface area contributed by atoms with Gasteiger partial charge >= 0.3 is 5.69 Å². The highest BCUT2D eigenvalue weighted by molar-refractivity contribution is 5.75. The van der Waals surface area contributed by atoms with Crippen LogP contribution in [0.5, 0.6) is 0 Å². The molecule has 2 bridgehead atoms. The predicted octanol–water partition coefficient (Wildman–Crippen LogP) is 2.94. The second-order valence-corrected chi connectivity index (χ2v) is 6.90. The van der Waals surface area contributed by atoms with Crippen molar-refractivity contribution in [2.75, 3.05) is 7.05 Å². The van der Waals surface area contributed by atoms with Crippen LogP contribution in [0.3, 0.4) is 0 Å². The number of hydrogen-bond donors (Lipinski definition) is 3. The summed E-state index contributed by atoms with van der Waals surface area (Å²) in [7, 11) is 2.04. The van der Waals surface area contributed by atoms with E-state index in [4.69, 9.17) is 0 Å². The third kappa shape index (κ3) is 2.31. The van der Waals surface area contributed by atoms with Gasteiger partial charge in [-0.25, -0.2) is 4.79 Å². The average Bonchev–Trinajstić information content (AvgIpc) is 3.17. The highest BCUT2D eigenvalue weighted by Gasteiger charge is 2.40. The SMILES string of the molecule is CNC(CC1CC2CCC1C2)c1ccc2[nH]c(=O)[nH]c2c1. The fraction of sp³-hybridized carbons (Fsp3) is 0.588. The van der Waals surface area contributed by atoms with Crippen molar-refractivity contribution >= 4 is 11.0 Å². The molecule has 21 heavy (non-hydrogen) atoms. The Labute approximate surface area is 124 Å². The molecule has 1 aromatic heterocycles. The summed E-state index contributed by atoms with van der Waals surface area (Å²) >= 11 is 0. The van der Waals surface area contributed by atoms with Crippen molar-refractivity contribution in [2.45, 2.75) is 38.1 Å². The summed E-state index contributed by atoms with van der Waals surface area (Å²) in [5, 5.41) is 3.47. The van der Waals surface area contributed by atoms with Gasteiger partial charge in [0.2, 0.25) is 0 Å². The molecular weight excluding hydrogens is 262 g/mol. The number of nitrogens with one attached hydrogen (secondary N) is 3. The monoisotopic (exact) mass is 285 g/mol. The van der Waals surface area contributed by atoms with Gasteiger partial charge in [-0.15, -0.1) is 0 Å². The van der Waals surface area contributed by atoms with Gasteiger partial charge in [-0.3, -0.25) is 0 Å². The molecule has 2 saturated carbocycles. The van der Waals surface area contributed by atoms with E-state index in [1.54, 1.807) is 0 Å². The zero-order valence-electron chi connectivity index (χ0n) is 12.5. The second-order valence-electron chi connectivity index (χ2n) is 6.90. The van der Waals surface area contributed by atoms with Crippen LogP contribution in [-0.2, 0) is 0 Å². The zero-order chi connectivity index (χ0) is 14.4. The quantitative estimate of drug-likeness (QED) is 0.809. The maximum Gasteiger partial charge on any atom is 0.323 e. The predicted molar refractivity (Wildman–Crippen MR) is 84.3 cm³/mol. The molecule has 2 aliphatic carbocycles. The van der Waals surface area contributed by atoms with Crippen molar-refractivity contribution in [1.82, 2.24) is 15.3 Å². The number of benzene rings is 1. The van der Waals surface area contributed by atoms with E-state index in [1.807, 2.05) is 13.1 Å². The molecule has 112 valence electrons. The van der Waals surface area contributed by atoms with Gasteiger partial charge in [0.05, 0.1) is 11.0 Å². The van der Waals surface area contributed by atoms with Gasteiger partial charge in [0.1, 0.15) is 0 Å². The van der Waals surface area contributed by atoms with Crippen LogP contribution in [-0.4, -0.2) is 17.0 Å². The number of hydrogen-bond acceptors (Lipinski definition) is 2. The Bertz CT molecular complexity index is 701. The summed E-state index contributed by atoms with van der Waals surface area (Å²) in [4.78, 5) is 17.0. The highest BCUT2D eigenvalue weighted by Crippen LogP contribution is 2.50. The Morgan fingerprint density at radius 2 is 2.10 bits per heavy atom. The maximum atomic E-state index is 11.4. The van der Waals surface area contributed by atoms with Crippen LogP contribution in [0.15, 0.2) is 23.0 Å². The molecule has 1 aromatic carbocycles. The molecule has 3 N–H and O–H groups in total. The Morgan fingerprint density at radius 1 is 1.24 bits per heavy atom. The molecule has 2 aromatic rings. The molecule has 0 radical (unpaired) electrons. The minimum absolute atomic E-state index is 0.128. The number of aromatic amines is 2. The van der Waals surface area contributed by atoms with Crippen LogP contribution in [0.25, 0.3) is 11.0 Å². The summed E-state index contributed by atoms with van der Waals surface area (Å²) in [6.45, 7) is 0. The fourth-order valence-corrected chi connectivity index (χ4v) is 4.66. The largest absolute Gasteiger partial charge is 0.323 e. The Hall–Kier alpha value is -1.55. The summed E-state index contributed by atoms with van der Waals surface area (Å²) in [6.07, 6.45) is 7.01. The van der Waals surface area contributed by atoms with Crippen molar-refractivity contribution in [3.05, 3.63) is 34.2 Å². The first kappa shape index (κ1) is 13.1. The van der Waals surface area contributed by atoms with Crippen LogP contribution in [0, 0.1) is 17.8 Å². The highest BCUT2D eigenvalue weighted by atomic mass is 16.1. The molecule has 2 aliphatic rings. The number of fused-ring (bicyclic) bond motifs is 3. The molecule has 4 rings (SSSR count). The van der Waals surface area contributed by atoms with Gasteiger partial charge in [-0.2, -0.15) is 0 Å². The smallest absolute Gasteiger partial charge is 0.313 e. The number of imidazole rings is 1. The van der Waals surface area contributed by atoms with E-state index in [0.717, 1.165) is 28.8 Å². The molecule has 0 aliphatic heterocycles. The minimum atomic E-state index is -0.128. The minimum Gasteiger partial charge on any atom is -0.313 e. The standard InChI is InChI=1S/C17H23N3O/c1-18-15(9-13-7-10-2-3-11(13)6-10)12-4-5-14-16(8-12)20-17(21)19-14/h4-5,8,10-11,13,15,18H,2-3,6-7,9H2,1H3,(H2,19,20,21). The third-order valence-electron chi connectivity index (χ3n) is 5.71. The van der Waals surface area contributed by atoms with Gasteiger partial charge in [-0.05, 0) is 68.2 Å². The molecule has 4 unspecified atom stereocenters. The zero-order valence-corrected chi connectivity index (χ0v) is 12.5. The second kappa shape index (κ2) is 5.02. The lowest BCUT2D eigenvalue weighted by molar-refractivity contribution is 0.284. The average molecular weight is 285 g/mol. The Balaban J connectivity index is 1.57. The van der Waals surface area contributed by atoms with E-state index in [0.29, 0.717) is 6.04 Å². The molecule has 4 heteroatoms. The van der Waals surface area contributed by atoms with E-state index in [-0.39, 0.29) is 5.69 Å². The lowest BCUT2D eigenvalue weighted by Crippen LogP contribution is -2.22. The summed E-state index contributed by atoms with van der Waals surface area (Å²) < 4.78 is 0. The van der Waals surface area contributed by atoms with Crippen LogP contribution in [0.1, 0.15) is 43.7 Å². The van der Waals surface area contributed by atoms with Crippen molar-refractivity contribution in [3.8, 4) is 0 Å². The van der Waals surface area contributed by atoms with Crippen molar-refractivity contribution in [3.63, 3.8) is 0 Å². The van der Waals surface area contributed by atoms with Gasteiger partial charge in [0.15, 0.2) is 0 Å². The molecule has 0 saturated heterocycles. The van der Waals surface area contributed by atoms with Crippen molar-refractivity contribution in [1.29, 1.82) is 0 Å². The number of H-pyrrole nitrogens is 2. The first-order chi connectivity index (χ1) is 10.2.